The molecule has 2 atom stereocenters. The van der Waals surface area contributed by atoms with E-state index in [0.29, 0.717) is 39.5 Å². The highest BCUT2D eigenvalue weighted by molar-refractivity contribution is 5.92. The van der Waals surface area contributed by atoms with Gasteiger partial charge in [0.05, 0.1) is 28.4 Å². The lowest BCUT2D eigenvalue weighted by atomic mass is 9.79. The number of nitrogens with zero attached hydrogens (tertiary/aromatic N) is 1. The highest BCUT2D eigenvalue weighted by atomic mass is 19.1. The van der Waals surface area contributed by atoms with Gasteiger partial charge in [-0.25, -0.2) is 9.37 Å². The van der Waals surface area contributed by atoms with Crippen LogP contribution in [0.15, 0.2) is 16.9 Å². The fourth-order valence-corrected chi connectivity index (χ4v) is 5.06. The lowest BCUT2D eigenvalue weighted by Crippen LogP contribution is -2.28. The lowest BCUT2D eigenvalue weighted by molar-refractivity contribution is -0.147. The molecule has 1 aliphatic carbocycles. The van der Waals surface area contributed by atoms with E-state index in [9.17, 15) is 14.0 Å². The topological polar surface area (TPSA) is 72.1 Å². The number of fused-ring (bicyclic) bond motifs is 1. The van der Waals surface area contributed by atoms with Gasteiger partial charge in [0.1, 0.15) is 12.4 Å². The van der Waals surface area contributed by atoms with Gasteiger partial charge in [-0.3, -0.25) is 9.59 Å². The van der Waals surface area contributed by atoms with Crippen molar-refractivity contribution < 1.29 is 13.9 Å². The van der Waals surface area contributed by atoms with Crippen LogP contribution in [0.4, 0.5) is 4.39 Å². The Kier molecular flexibility index (Phi) is 4.10. The van der Waals surface area contributed by atoms with Crippen LogP contribution in [0, 0.1) is 19.7 Å². The maximum absolute atomic E-state index is 14.6. The first kappa shape index (κ1) is 19.0. The van der Waals surface area contributed by atoms with Gasteiger partial charge in [-0.15, -0.1) is 0 Å². The Bertz CT molecular complexity index is 1310. The van der Waals surface area contributed by atoms with Crippen LogP contribution >= 0.6 is 0 Å². The zero-order valence-corrected chi connectivity index (χ0v) is 17.5. The molecule has 0 saturated carbocycles. The number of nitrogens with one attached hydrogen (secondary N) is 1. The van der Waals surface area contributed by atoms with E-state index in [0.717, 1.165) is 29.4 Å². The molecule has 1 N–H and O–H groups in total. The number of aromatic amines is 1. The first-order chi connectivity index (χ1) is 14.3. The molecule has 5 rings (SSSR count). The fourth-order valence-electron chi connectivity index (χ4n) is 5.06. The van der Waals surface area contributed by atoms with Crippen LogP contribution in [0.25, 0.3) is 22.3 Å². The van der Waals surface area contributed by atoms with Gasteiger partial charge >= 0.3 is 5.97 Å². The summed E-state index contributed by atoms with van der Waals surface area (Å²) in [5.41, 5.74) is 6.56. The summed E-state index contributed by atoms with van der Waals surface area (Å²) < 4.78 is 19.7. The third-order valence-corrected chi connectivity index (χ3v) is 6.82. The van der Waals surface area contributed by atoms with Gasteiger partial charge in [0, 0.05) is 11.5 Å². The number of hydrogen-bond donors (Lipinski definition) is 1. The summed E-state index contributed by atoms with van der Waals surface area (Å²) in [6.07, 6.45) is 1.78. The molecule has 0 spiro atoms. The first-order valence-corrected chi connectivity index (χ1v) is 10.3. The molecular formula is C24H23FN2O3. The summed E-state index contributed by atoms with van der Waals surface area (Å²) in [7, 11) is 0. The number of aryl methyl sites for hydroxylation is 1. The predicted molar refractivity (Wildman–Crippen MR) is 112 cm³/mol. The molecule has 1 aliphatic heterocycles. The van der Waals surface area contributed by atoms with Crippen LogP contribution in [0.5, 0.6) is 0 Å². The van der Waals surface area contributed by atoms with Crippen molar-refractivity contribution in [2.45, 2.75) is 59.0 Å². The Labute approximate surface area is 173 Å². The summed E-state index contributed by atoms with van der Waals surface area (Å²) in [4.78, 5) is 32.5. The Morgan fingerprint density at radius 2 is 1.90 bits per heavy atom. The van der Waals surface area contributed by atoms with Crippen LogP contribution in [-0.4, -0.2) is 15.9 Å². The van der Waals surface area contributed by atoms with Crippen LogP contribution in [-0.2, 0) is 22.6 Å². The number of carbonyl (C=O) groups is 1. The fraction of sp³-hybridized carbons (Fsp3) is 0.375. The number of hydrogen-bond acceptors (Lipinski definition) is 4. The second-order valence-electron chi connectivity index (χ2n) is 8.57. The molecule has 1 aromatic carbocycles. The van der Waals surface area contributed by atoms with E-state index in [4.69, 9.17) is 9.72 Å². The molecule has 2 aliphatic rings. The summed E-state index contributed by atoms with van der Waals surface area (Å²) >= 11 is 0. The monoisotopic (exact) mass is 406 g/mol. The molecule has 6 heteroatoms. The van der Waals surface area contributed by atoms with E-state index in [1.807, 2.05) is 19.9 Å². The van der Waals surface area contributed by atoms with Gasteiger partial charge in [0.15, 0.2) is 0 Å². The van der Waals surface area contributed by atoms with Crippen LogP contribution in [0.2, 0.25) is 0 Å². The minimum Gasteiger partial charge on any atom is -0.460 e. The van der Waals surface area contributed by atoms with Crippen molar-refractivity contribution >= 4 is 16.9 Å². The number of benzene rings is 1. The number of aromatic nitrogens is 2. The molecule has 0 radical (unpaired) electrons. The van der Waals surface area contributed by atoms with Crippen molar-refractivity contribution in [3.05, 3.63) is 61.7 Å². The maximum Gasteiger partial charge on any atom is 0.313 e. The number of H-pyrrole nitrogens is 1. The number of halogens is 1. The van der Waals surface area contributed by atoms with E-state index < -0.39 is 5.92 Å². The summed E-state index contributed by atoms with van der Waals surface area (Å²) in [6.45, 7) is 7.74. The van der Waals surface area contributed by atoms with E-state index in [1.54, 1.807) is 6.92 Å². The molecule has 0 fully saturated rings. The summed E-state index contributed by atoms with van der Waals surface area (Å²) in [6, 6.07) is 3.32. The largest absolute Gasteiger partial charge is 0.460 e. The molecule has 3 aromatic rings. The number of cyclic esters (lactones) is 1. The molecule has 154 valence electrons. The third kappa shape index (κ3) is 2.56. The normalized spacial score (nSPS) is 20.2. The number of rotatable bonds is 1. The van der Waals surface area contributed by atoms with Crippen LogP contribution in [0.1, 0.15) is 65.5 Å². The molecule has 5 nitrogen and oxygen atoms in total. The molecule has 30 heavy (non-hydrogen) atoms. The second-order valence-corrected chi connectivity index (χ2v) is 8.57. The van der Waals surface area contributed by atoms with Crippen LogP contribution < -0.4 is 5.56 Å². The highest BCUT2D eigenvalue weighted by Crippen LogP contribution is 2.42. The van der Waals surface area contributed by atoms with Gasteiger partial charge in [0.2, 0.25) is 0 Å². The molecule has 0 saturated heterocycles. The summed E-state index contributed by atoms with van der Waals surface area (Å²) in [5, 5.41) is 1.05. The van der Waals surface area contributed by atoms with Crippen molar-refractivity contribution in [3.63, 3.8) is 0 Å². The van der Waals surface area contributed by atoms with Gasteiger partial charge in [-0.1, -0.05) is 6.92 Å². The number of esters is 1. The predicted octanol–water partition coefficient (Wildman–Crippen LogP) is 4.56. The highest BCUT2D eigenvalue weighted by Gasteiger charge is 2.30. The number of ether oxygens (including phenoxy) is 1. The Hall–Kier alpha value is -3.02. The average Bonchev–Trinajstić information content (AvgIpc) is 2.71. The first-order valence-electron chi connectivity index (χ1n) is 10.3. The summed E-state index contributed by atoms with van der Waals surface area (Å²) in [5.74, 6) is -0.798. The second kappa shape index (κ2) is 6.49. The van der Waals surface area contributed by atoms with Crippen molar-refractivity contribution in [2.75, 3.05) is 0 Å². The van der Waals surface area contributed by atoms with Gasteiger partial charge in [-0.05, 0) is 73.4 Å². The van der Waals surface area contributed by atoms with E-state index in [-0.39, 0.29) is 24.0 Å². The Morgan fingerprint density at radius 1 is 1.13 bits per heavy atom. The molecule has 2 aromatic heterocycles. The molecule has 0 amide bonds. The standard InChI is InChI=1S/C24H23FN2O3/c1-10-5-6-14-11(2)17(25)8-18-21(14)20(10)13(4)22(26-18)19-7-15-12(3)24(29)30-9-16(15)23(28)27-19/h7-8,10,12H,5-6,9H2,1-4H3,(H,27,28)/t10-,12+/m0/s1. The van der Waals surface area contributed by atoms with E-state index in [1.165, 1.54) is 11.6 Å². The third-order valence-electron chi connectivity index (χ3n) is 6.82. The number of carbonyl (C=O) groups excluding carboxylic acids is 1. The SMILES string of the molecule is Cc1c(F)cc2nc(-c3cc4c(c(=O)[nH]3)COC(=O)[C@@H]4C)c(C)c3c2c1CC[C@@H]3C. The van der Waals surface area contributed by atoms with Crippen LogP contribution in [0.3, 0.4) is 0 Å². The van der Waals surface area contributed by atoms with Gasteiger partial charge < -0.3 is 9.72 Å². The maximum atomic E-state index is 14.6. The number of pyridine rings is 2. The van der Waals surface area contributed by atoms with Crippen molar-refractivity contribution in [3.8, 4) is 11.4 Å². The van der Waals surface area contributed by atoms with Gasteiger partial charge in [-0.2, -0.15) is 0 Å². The van der Waals surface area contributed by atoms with Crippen molar-refractivity contribution in [2.24, 2.45) is 0 Å². The lowest BCUT2D eigenvalue weighted by Gasteiger charge is -2.28. The van der Waals surface area contributed by atoms with Crippen molar-refractivity contribution in [1.82, 2.24) is 9.97 Å². The molecule has 3 heterocycles. The van der Waals surface area contributed by atoms with E-state index in [2.05, 4.69) is 11.9 Å². The zero-order valence-electron chi connectivity index (χ0n) is 17.5. The quantitative estimate of drug-likeness (QED) is 0.602. The molecule has 0 bridgehead atoms. The Morgan fingerprint density at radius 3 is 2.67 bits per heavy atom. The zero-order chi connectivity index (χ0) is 21.3. The molecule has 0 unspecified atom stereocenters. The van der Waals surface area contributed by atoms with Crippen molar-refractivity contribution in [1.29, 1.82) is 0 Å². The Balaban J connectivity index is 1.83. The van der Waals surface area contributed by atoms with E-state index >= 15 is 0 Å². The van der Waals surface area contributed by atoms with Gasteiger partial charge in [0.25, 0.3) is 5.56 Å². The minimum absolute atomic E-state index is 0.0195. The smallest absolute Gasteiger partial charge is 0.313 e. The minimum atomic E-state index is -0.514. The average molecular weight is 406 g/mol. The molecular weight excluding hydrogens is 383 g/mol.